The molecule has 1 fully saturated rings. The van der Waals surface area contributed by atoms with Crippen molar-refractivity contribution in [1.82, 2.24) is 9.97 Å². The maximum absolute atomic E-state index is 4.71. The Hall–Kier alpha value is -1.32. The smallest absolute Gasteiger partial charge is 0.136 e. The lowest BCUT2D eigenvalue weighted by atomic mass is 10.1. The van der Waals surface area contributed by atoms with Crippen molar-refractivity contribution in [2.75, 3.05) is 24.2 Å². The molecule has 0 unspecified atom stereocenters. The Bertz CT molecular complexity index is 438. The van der Waals surface area contributed by atoms with Gasteiger partial charge in [-0.2, -0.15) is 0 Å². The molecule has 0 amide bonds. The van der Waals surface area contributed by atoms with Crippen LogP contribution in [0.1, 0.15) is 63.3 Å². The fraction of sp³-hybridized carbons (Fsp3) is 0.750. The lowest BCUT2D eigenvalue weighted by Crippen LogP contribution is -2.10. The zero-order valence-corrected chi connectivity index (χ0v) is 13.3. The molecule has 20 heavy (non-hydrogen) atoms. The van der Waals surface area contributed by atoms with Crippen LogP contribution in [0.3, 0.4) is 0 Å². The molecule has 1 aromatic rings. The monoisotopic (exact) mass is 276 g/mol. The summed E-state index contributed by atoms with van der Waals surface area (Å²) in [5.41, 5.74) is 1.13. The highest BCUT2D eigenvalue weighted by atomic mass is 15.1. The maximum Gasteiger partial charge on any atom is 0.136 e. The van der Waals surface area contributed by atoms with Gasteiger partial charge in [0.2, 0.25) is 0 Å². The fourth-order valence-electron chi connectivity index (χ4n) is 2.36. The predicted molar refractivity (Wildman–Crippen MR) is 85.5 cm³/mol. The van der Waals surface area contributed by atoms with E-state index in [-0.39, 0.29) is 0 Å². The first-order chi connectivity index (χ1) is 9.61. The summed E-state index contributed by atoms with van der Waals surface area (Å²) in [6, 6.07) is 0. The zero-order valence-electron chi connectivity index (χ0n) is 13.3. The molecule has 0 spiro atoms. The molecule has 0 atom stereocenters. The van der Waals surface area contributed by atoms with Crippen molar-refractivity contribution in [2.24, 2.45) is 5.92 Å². The summed E-state index contributed by atoms with van der Waals surface area (Å²) < 4.78 is 0. The number of rotatable bonds is 8. The highest BCUT2D eigenvalue weighted by Gasteiger charge is 2.28. The highest BCUT2D eigenvalue weighted by molar-refractivity contribution is 5.57. The van der Waals surface area contributed by atoms with Crippen molar-refractivity contribution in [3.05, 3.63) is 11.4 Å². The van der Waals surface area contributed by atoms with Gasteiger partial charge in [-0.05, 0) is 32.1 Å². The van der Waals surface area contributed by atoms with Gasteiger partial charge < -0.3 is 10.6 Å². The number of anilines is 2. The second-order valence-corrected chi connectivity index (χ2v) is 6.24. The Labute approximate surface area is 122 Å². The maximum atomic E-state index is 4.71. The van der Waals surface area contributed by atoms with E-state index in [1.165, 1.54) is 32.1 Å². The second-order valence-electron chi connectivity index (χ2n) is 6.24. The summed E-state index contributed by atoms with van der Waals surface area (Å²) in [7, 11) is 1.93. The number of nitrogens with zero attached hydrogens (tertiary/aromatic N) is 2. The largest absolute Gasteiger partial charge is 0.373 e. The van der Waals surface area contributed by atoms with Crippen LogP contribution in [0, 0.1) is 12.8 Å². The molecule has 1 aliphatic carbocycles. The summed E-state index contributed by atoms with van der Waals surface area (Å²) in [6.07, 6.45) is 6.26. The SMILES string of the molecule is CNc1nc(C2CC2)nc(NCCCCC(C)C)c1C. The summed E-state index contributed by atoms with van der Waals surface area (Å²) in [6.45, 7) is 7.64. The van der Waals surface area contributed by atoms with E-state index in [0.717, 1.165) is 35.5 Å². The van der Waals surface area contributed by atoms with E-state index >= 15 is 0 Å². The van der Waals surface area contributed by atoms with Gasteiger partial charge >= 0.3 is 0 Å². The molecular weight excluding hydrogens is 248 g/mol. The van der Waals surface area contributed by atoms with E-state index in [4.69, 9.17) is 4.98 Å². The lowest BCUT2D eigenvalue weighted by molar-refractivity contribution is 0.544. The van der Waals surface area contributed by atoms with E-state index < -0.39 is 0 Å². The van der Waals surface area contributed by atoms with Gasteiger partial charge in [-0.15, -0.1) is 0 Å². The van der Waals surface area contributed by atoms with Crippen LogP contribution < -0.4 is 10.6 Å². The highest BCUT2D eigenvalue weighted by Crippen LogP contribution is 2.39. The molecule has 0 bridgehead atoms. The third-order valence-electron chi connectivity index (χ3n) is 3.84. The van der Waals surface area contributed by atoms with Gasteiger partial charge in [-0.1, -0.05) is 26.7 Å². The standard InChI is InChI=1S/C16H28N4/c1-11(2)7-5-6-10-18-15-12(3)14(17-4)19-16(20-15)13-8-9-13/h11,13H,5-10H2,1-4H3,(H2,17,18,19,20). The molecule has 1 heterocycles. The molecule has 2 N–H and O–H groups in total. The van der Waals surface area contributed by atoms with Crippen LogP contribution in [-0.4, -0.2) is 23.6 Å². The Balaban J connectivity index is 1.93. The molecule has 0 aliphatic heterocycles. The average molecular weight is 276 g/mol. The molecule has 0 saturated heterocycles. The quantitative estimate of drug-likeness (QED) is 0.706. The molecule has 4 heteroatoms. The van der Waals surface area contributed by atoms with E-state index in [9.17, 15) is 0 Å². The molecular formula is C16H28N4. The normalized spacial score (nSPS) is 14.7. The average Bonchev–Trinajstić information content (AvgIpc) is 3.24. The van der Waals surface area contributed by atoms with E-state index in [2.05, 4.69) is 36.4 Å². The van der Waals surface area contributed by atoms with E-state index in [1.54, 1.807) is 0 Å². The predicted octanol–water partition coefficient (Wildman–Crippen LogP) is 3.94. The van der Waals surface area contributed by atoms with Gasteiger partial charge in [0.1, 0.15) is 17.5 Å². The minimum Gasteiger partial charge on any atom is -0.373 e. The van der Waals surface area contributed by atoms with Gasteiger partial charge in [0.25, 0.3) is 0 Å². The van der Waals surface area contributed by atoms with Gasteiger partial charge in [0.15, 0.2) is 0 Å². The summed E-state index contributed by atoms with van der Waals surface area (Å²) in [5, 5.41) is 6.68. The summed E-state index contributed by atoms with van der Waals surface area (Å²) in [5.74, 6) is 4.37. The van der Waals surface area contributed by atoms with Crippen LogP contribution in [-0.2, 0) is 0 Å². The zero-order chi connectivity index (χ0) is 14.5. The van der Waals surface area contributed by atoms with Gasteiger partial charge in [0, 0.05) is 25.1 Å². The number of aromatic nitrogens is 2. The molecule has 112 valence electrons. The molecule has 0 radical (unpaired) electrons. The first-order valence-electron chi connectivity index (χ1n) is 7.92. The molecule has 1 aliphatic rings. The molecule has 4 nitrogen and oxygen atoms in total. The van der Waals surface area contributed by atoms with Crippen LogP contribution in [0.25, 0.3) is 0 Å². The van der Waals surface area contributed by atoms with E-state index in [1.807, 2.05) is 7.05 Å². The third-order valence-corrected chi connectivity index (χ3v) is 3.84. The fourth-order valence-corrected chi connectivity index (χ4v) is 2.36. The van der Waals surface area contributed by atoms with Crippen LogP contribution in [0.2, 0.25) is 0 Å². The Kier molecular flexibility index (Phi) is 5.21. The van der Waals surface area contributed by atoms with Crippen molar-refractivity contribution in [3.63, 3.8) is 0 Å². The first kappa shape index (κ1) is 15.1. The van der Waals surface area contributed by atoms with Gasteiger partial charge in [-0.25, -0.2) is 9.97 Å². The number of nitrogens with one attached hydrogen (secondary N) is 2. The van der Waals surface area contributed by atoms with Crippen molar-refractivity contribution < 1.29 is 0 Å². The van der Waals surface area contributed by atoms with Gasteiger partial charge in [-0.3, -0.25) is 0 Å². The molecule has 1 saturated carbocycles. The number of hydrogen-bond donors (Lipinski definition) is 2. The lowest BCUT2D eigenvalue weighted by Gasteiger charge is -2.13. The summed E-state index contributed by atoms with van der Waals surface area (Å²) in [4.78, 5) is 9.33. The Morgan fingerprint density at radius 1 is 1.15 bits per heavy atom. The minimum absolute atomic E-state index is 0.587. The molecule has 1 aromatic heterocycles. The number of unbranched alkanes of at least 4 members (excludes halogenated alkanes) is 1. The Morgan fingerprint density at radius 3 is 2.45 bits per heavy atom. The minimum atomic E-state index is 0.587. The molecule has 0 aromatic carbocycles. The van der Waals surface area contributed by atoms with Crippen molar-refractivity contribution in [1.29, 1.82) is 0 Å². The second kappa shape index (κ2) is 6.91. The van der Waals surface area contributed by atoms with Crippen molar-refractivity contribution in [3.8, 4) is 0 Å². The van der Waals surface area contributed by atoms with Crippen LogP contribution in [0.15, 0.2) is 0 Å². The van der Waals surface area contributed by atoms with Crippen LogP contribution in [0.4, 0.5) is 11.6 Å². The first-order valence-corrected chi connectivity index (χ1v) is 7.92. The van der Waals surface area contributed by atoms with Crippen molar-refractivity contribution >= 4 is 11.6 Å². The third kappa shape index (κ3) is 4.09. The summed E-state index contributed by atoms with van der Waals surface area (Å²) >= 11 is 0. The van der Waals surface area contributed by atoms with E-state index in [0.29, 0.717) is 5.92 Å². The van der Waals surface area contributed by atoms with Crippen LogP contribution in [0.5, 0.6) is 0 Å². The van der Waals surface area contributed by atoms with Crippen molar-refractivity contribution in [2.45, 2.75) is 58.8 Å². The Morgan fingerprint density at radius 2 is 1.85 bits per heavy atom. The molecule has 2 rings (SSSR count). The van der Waals surface area contributed by atoms with Gasteiger partial charge in [0.05, 0.1) is 0 Å². The van der Waals surface area contributed by atoms with Crippen LogP contribution >= 0.6 is 0 Å². The topological polar surface area (TPSA) is 49.8 Å². The number of hydrogen-bond acceptors (Lipinski definition) is 4.